The Morgan fingerprint density at radius 1 is 0.373 bits per heavy atom. The Morgan fingerprint density at radius 3 is 1.27 bits per heavy atom. The summed E-state index contributed by atoms with van der Waals surface area (Å²) in [4.78, 5) is 4.66. The number of thiophene rings is 3. The molecule has 0 amide bonds. The highest BCUT2D eigenvalue weighted by Crippen LogP contribution is 2.56. The Morgan fingerprint density at radius 2 is 0.787 bits per heavy atom. The minimum atomic E-state index is 0.301. The first-order valence-corrected chi connectivity index (χ1v) is 27.4. The topological polar surface area (TPSA) is 38.0 Å². The number of benzene rings is 11. The van der Waals surface area contributed by atoms with Crippen molar-refractivity contribution in [3.63, 3.8) is 0 Å². The first-order chi connectivity index (χ1) is 37.2. The Bertz CT molecular complexity index is 5070. The lowest BCUT2D eigenvalue weighted by molar-refractivity contribution is 1.15. The van der Waals surface area contributed by atoms with Crippen LogP contribution in [-0.2, 0) is 0 Å². The highest BCUT2D eigenvalue weighted by atomic mass is 32.1. The highest BCUT2D eigenvalue weighted by molar-refractivity contribution is 7.27. The molecule has 0 saturated carbocycles. The lowest BCUT2D eigenvalue weighted by Crippen LogP contribution is -2.08. The standard InChI is InChI=1S/C68H36N4S3/c1-70-60-52(38-69)61(72-62-46(32-34-48-43-24-11-14-29-54(43)73-66(48)62)47-33-35-49-44-25-12-15-30-55(44)74-67(49)63(47)72)57(40-20-7-3-8-21-40)58(41-22-9-4-10-23-41)65(60)71-53-28-17-27-42(39-18-5-2-6-19-39)59(53)51-37-36-50-45-26-13-16-31-56(45)75-68(50)64(51)71/h2-37H. The van der Waals surface area contributed by atoms with E-state index in [-0.39, 0.29) is 0 Å². The minimum Gasteiger partial charge on any atom is -0.317 e. The van der Waals surface area contributed by atoms with Gasteiger partial charge < -0.3 is 9.13 Å². The molecule has 0 aliphatic heterocycles. The van der Waals surface area contributed by atoms with Crippen molar-refractivity contribution in [3.8, 4) is 50.8 Å². The van der Waals surface area contributed by atoms with Gasteiger partial charge in [0.2, 0.25) is 5.69 Å². The number of rotatable bonds is 5. The van der Waals surface area contributed by atoms with Gasteiger partial charge in [-0.2, -0.15) is 5.26 Å². The SMILES string of the molecule is [C-]#[N+]c1c(C#N)c(-n2c3c(ccc4c5ccccc5sc43)c3ccc4c5ccccc5sc4c32)c(-c2ccccc2)c(-c2ccccc2)c1-n1c2cccc(-c3ccccc3)c2c2ccc3c4ccccc4sc3c21. The minimum absolute atomic E-state index is 0.301. The van der Waals surface area contributed by atoms with Gasteiger partial charge in [-0.05, 0) is 46.5 Å². The molecule has 16 aromatic rings. The first-order valence-electron chi connectivity index (χ1n) is 24.9. The Labute approximate surface area is 441 Å². The third-order valence-electron chi connectivity index (χ3n) is 15.4. The van der Waals surface area contributed by atoms with E-state index in [1.54, 1.807) is 34.0 Å². The molecule has 0 spiro atoms. The van der Waals surface area contributed by atoms with Crippen LogP contribution < -0.4 is 0 Å². The van der Waals surface area contributed by atoms with E-state index >= 15 is 0 Å². The second-order valence-corrected chi connectivity index (χ2v) is 22.3. The molecule has 0 saturated heterocycles. The summed E-state index contributed by atoms with van der Waals surface area (Å²) < 4.78 is 11.8. The molecule has 5 heterocycles. The normalized spacial score (nSPS) is 12.0. The Balaban J connectivity index is 1.19. The van der Waals surface area contributed by atoms with E-state index in [0.717, 1.165) is 107 Å². The molecule has 0 bridgehead atoms. The van der Waals surface area contributed by atoms with E-state index in [9.17, 15) is 11.8 Å². The van der Waals surface area contributed by atoms with Crippen molar-refractivity contribution in [2.75, 3.05) is 0 Å². The maximum absolute atomic E-state index is 12.4. The van der Waals surface area contributed by atoms with E-state index in [2.05, 4.69) is 238 Å². The summed E-state index contributed by atoms with van der Waals surface area (Å²) in [7, 11) is 0. The van der Waals surface area contributed by atoms with E-state index in [1.165, 1.54) is 30.3 Å². The molecule has 5 aromatic heterocycles. The van der Waals surface area contributed by atoms with Crippen LogP contribution in [0.4, 0.5) is 5.69 Å². The zero-order valence-corrected chi connectivity index (χ0v) is 42.2. The molecular formula is C68H36N4S3. The summed E-state index contributed by atoms with van der Waals surface area (Å²) in [6.45, 7) is 9.62. The average molecular weight is 1010 g/mol. The number of hydrogen-bond donors (Lipinski definition) is 0. The van der Waals surface area contributed by atoms with Crippen molar-refractivity contribution < 1.29 is 0 Å². The van der Waals surface area contributed by atoms with Gasteiger partial charge in [-0.15, -0.1) is 34.0 Å². The molecule has 4 nitrogen and oxygen atoms in total. The number of aromatic nitrogens is 2. The van der Waals surface area contributed by atoms with Crippen LogP contribution in [0, 0.1) is 17.9 Å². The van der Waals surface area contributed by atoms with Crippen molar-refractivity contribution in [2.45, 2.75) is 0 Å². The lowest BCUT2D eigenvalue weighted by atomic mass is 9.87. The molecule has 0 atom stereocenters. The van der Waals surface area contributed by atoms with Gasteiger partial charge in [0, 0.05) is 79.1 Å². The maximum atomic E-state index is 12.4. The predicted octanol–water partition coefficient (Wildman–Crippen LogP) is 20.4. The molecule has 16 rings (SSSR count). The van der Waals surface area contributed by atoms with Gasteiger partial charge in [0.1, 0.15) is 0 Å². The fraction of sp³-hybridized carbons (Fsp3) is 0. The molecule has 0 radical (unpaired) electrons. The van der Waals surface area contributed by atoms with Crippen molar-refractivity contribution in [1.29, 1.82) is 5.26 Å². The van der Waals surface area contributed by atoms with Crippen LogP contribution >= 0.6 is 34.0 Å². The third-order valence-corrected chi connectivity index (χ3v) is 19.0. The molecular weight excluding hydrogens is 969 g/mol. The van der Waals surface area contributed by atoms with Crippen LogP contribution in [0.3, 0.4) is 0 Å². The van der Waals surface area contributed by atoms with Gasteiger partial charge in [0.15, 0.2) is 0 Å². The smallest absolute Gasteiger partial charge is 0.230 e. The van der Waals surface area contributed by atoms with Crippen molar-refractivity contribution in [3.05, 3.63) is 235 Å². The maximum Gasteiger partial charge on any atom is 0.230 e. The lowest BCUT2D eigenvalue weighted by Gasteiger charge is -2.26. The van der Waals surface area contributed by atoms with Crippen LogP contribution in [0.5, 0.6) is 0 Å². The van der Waals surface area contributed by atoms with Gasteiger partial charge in [-0.1, -0.05) is 194 Å². The summed E-state index contributed by atoms with van der Waals surface area (Å²) in [5.41, 5.74) is 11.9. The largest absolute Gasteiger partial charge is 0.317 e. The predicted molar refractivity (Wildman–Crippen MR) is 321 cm³/mol. The van der Waals surface area contributed by atoms with E-state index < -0.39 is 0 Å². The fourth-order valence-electron chi connectivity index (χ4n) is 12.3. The summed E-state index contributed by atoms with van der Waals surface area (Å²) in [5.74, 6) is 0. The zero-order valence-electron chi connectivity index (χ0n) is 39.8. The zero-order chi connectivity index (χ0) is 49.5. The molecule has 346 valence electrons. The molecule has 0 fully saturated rings. The number of fused-ring (bicyclic) bond motifs is 18. The molecule has 0 N–H and O–H groups in total. The number of nitriles is 1. The van der Waals surface area contributed by atoms with Crippen LogP contribution in [-0.4, -0.2) is 9.13 Å². The van der Waals surface area contributed by atoms with Gasteiger partial charge >= 0.3 is 0 Å². The van der Waals surface area contributed by atoms with E-state index in [0.29, 0.717) is 22.6 Å². The fourth-order valence-corrected chi connectivity index (χ4v) is 16.0. The van der Waals surface area contributed by atoms with Crippen molar-refractivity contribution >= 4 is 144 Å². The molecule has 7 heteroatoms. The third kappa shape index (κ3) is 5.83. The van der Waals surface area contributed by atoms with Crippen molar-refractivity contribution in [1.82, 2.24) is 9.13 Å². The van der Waals surface area contributed by atoms with E-state index in [1.807, 2.05) is 0 Å². The van der Waals surface area contributed by atoms with Gasteiger partial charge in [0.05, 0.1) is 65.7 Å². The summed E-state index contributed by atoms with van der Waals surface area (Å²) in [5, 5.41) is 23.8. The summed E-state index contributed by atoms with van der Waals surface area (Å²) in [6.07, 6.45) is 0. The molecule has 0 unspecified atom stereocenters. The Kier molecular flexibility index (Phi) is 9.05. The Hall–Kier alpha value is -9.34. The quantitative estimate of drug-likeness (QED) is 0.158. The molecule has 0 aliphatic carbocycles. The van der Waals surface area contributed by atoms with Crippen molar-refractivity contribution in [2.24, 2.45) is 0 Å². The molecule has 0 aliphatic rings. The van der Waals surface area contributed by atoms with Gasteiger partial charge in [-0.3, -0.25) is 0 Å². The average Bonchev–Trinajstić information content (AvgIpc) is 4.30. The summed E-state index contributed by atoms with van der Waals surface area (Å²) in [6, 6.07) is 80.8. The second-order valence-electron chi connectivity index (χ2n) is 19.2. The van der Waals surface area contributed by atoms with Crippen LogP contribution in [0.15, 0.2) is 218 Å². The van der Waals surface area contributed by atoms with Gasteiger partial charge in [-0.25, -0.2) is 4.85 Å². The van der Waals surface area contributed by atoms with Gasteiger partial charge in [0.25, 0.3) is 0 Å². The molecule has 11 aromatic carbocycles. The first kappa shape index (κ1) is 42.2. The van der Waals surface area contributed by atoms with E-state index in [4.69, 9.17) is 0 Å². The summed E-state index contributed by atoms with van der Waals surface area (Å²) >= 11 is 5.37. The molecule has 75 heavy (non-hydrogen) atoms. The second kappa shape index (κ2) is 16.1. The monoisotopic (exact) mass is 1000 g/mol. The number of hydrogen-bond acceptors (Lipinski definition) is 4. The van der Waals surface area contributed by atoms with Crippen LogP contribution in [0.25, 0.3) is 154 Å². The number of nitrogens with zero attached hydrogens (tertiary/aromatic N) is 4. The van der Waals surface area contributed by atoms with Crippen LogP contribution in [0.1, 0.15) is 5.56 Å². The van der Waals surface area contributed by atoms with Crippen LogP contribution in [0.2, 0.25) is 0 Å². The highest BCUT2D eigenvalue weighted by Gasteiger charge is 2.34.